The van der Waals surface area contributed by atoms with Crippen molar-refractivity contribution in [2.24, 2.45) is 0 Å². The molecule has 0 bridgehead atoms. The minimum atomic E-state index is -0.316. The number of esters is 2. The molecule has 2 fully saturated rings. The summed E-state index contributed by atoms with van der Waals surface area (Å²) in [4.78, 5) is 37.4. The van der Waals surface area contributed by atoms with Gasteiger partial charge in [-0.3, -0.25) is 14.4 Å². The number of hydrogen-bond acceptors (Lipinski definition) is 14. The van der Waals surface area contributed by atoms with Crippen LogP contribution in [-0.4, -0.2) is 115 Å². The topological polar surface area (TPSA) is 158 Å². The third-order valence-electron chi connectivity index (χ3n) is 8.11. The van der Waals surface area contributed by atoms with E-state index in [1.807, 2.05) is 58.2 Å². The SMILES string of the molecule is CC.CC.COC(=O)CCOCCCn1cc(CNc2nc(NC3CCN(Cc4cccc(C(=O)OC)c4)CC3)cc(N3CCOCC3)n2)nn1. The van der Waals surface area contributed by atoms with Crippen molar-refractivity contribution >= 4 is 29.5 Å². The second-order valence-electron chi connectivity index (χ2n) is 11.5. The van der Waals surface area contributed by atoms with Gasteiger partial charge in [-0.15, -0.1) is 5.10 Å². The molecule has 282 valence electrons. The Morgan fingerprint density at radius 2 is 1.73 bits per heavy atom. The summed E-state index contributed by atoms with van der Waals surface area (Å²) in [5.74, 6) is 1.56. The monoisotopic (exact) mass is 711 g/mol. The number of nitrogens with one attached hydrogen (secondary N) is 2. The van der Waals surface area contributed by atoms with Crippen LogP contribution in [0.15, 0.2) is 36.5 Å². The van der Waals surface area contributed by atoms with Crippen LogP contribution in [0.1, 0.15) is 75.0 Å². The van der Waals surface area contributed by atoms with Gasteiger partial charge in [0.15, 0.2) is 0 Å². The summed E-state index contributed by atoms with van der Waals surface area (Å²) in [5.41, 5.74) is 2.45. The Morgan fingerprint density at radius 3 is 2.45 bits per heavy atom. The predicted octanol–water partition coefficient (Wildman–Crippen LogP) is 4.40. The lowest BCUT2D eigenvalue weighted by Gasteiger charge is -2.33. The Labute approximate surface area is 302 Å². The standard InChI is InChI=1S/C32H45N9O6.2C2H6/c1-44-30(42)9-16-46-15-4-10-41-23-27(37-38-41)21-33-32-35-28(20-29(36-32)40-13-17-47-18-14-40)34-26-7-11-39(12-8-26)22-24-5-3-6-25(19-24)31(43)45-2;2*1-2/h3,5-6,19-20,23,26H,4,7-18,21-22H2,1-2H3,(H2,33,34,35,36);2*1-2H3. The molecule has 0 spiro atoms. The molecule has 2 aromatic heterocycles. The number of benzene rings is 1. The number of aromatic nitrogens is 5. The molecule has 0 amide bonds. The zero-order valence-electron chi connectivity index (χ0n) is 31.2. The van der Waals surface area contributed by atoms with Crippen LogP contribution in [-0.2, 0) is 43.4 Å². The minimum Gasteiger partial charge on any atom is -0.469 e. The quantitative estimate of drug-likeness (QED) is 0.159. The second kappa shape index (κ2) is 23.2. The van der Waals surface area contributed by atoms with Crippen molar-refractivity contribution < 1.29 is 28.5 Å². The van der Waals surface area contributed by atoms with E-state index in [-0.39, 0.29) is 24.4 Å². The van der Waals surface area contributed by atoms with E-state index in [9.17, 15) is 9.59 Å². The van der Waals surface area contributed by atoms with Crippen molar-refractivity contribution in [1.29, 1.82) is 0 Å². The molecule has 3 aromatic rings. The Bertz CT molecular complexity index is 1440. The summed E-state index contributed by atoms with van der Waals surface area (Å²) >= 11 is 0. The third-order valence-corrected chi connectivity index (χ3v) is 8.11. The number of aryl methyl sites for hydroxylation is 1. The Kier molecular flexibility index (Phi) is 18.7. The van der Waals surface area contributed by atoms with Crippen LogP contribution in [0.2, 0.25) is 0 Å². The van der Waals surface area contributed by atoms with Gasteiger partial charge in [-0.25, -0.2) is 4.79 Å². The van der Waals surface area contributed by atoms with Gasteiger partial charge in [-0.1, -0.05) is 45.0 Å². The smallest absolute Gasteiger partial charge is 0.337 e. The number of piperidine rings is 1. The molecule has 0 saturated carbocycles. The molecule has 0 aliphatic carbocycles. The molecule has 2 saturated heterocycles. The molecule has 15 nitrogen and oxygen atoms in total. The minimum absolute atomic E-state index is 0.247. The number of likely N-dealkylation sites (tertiary alicyclic amines) is 1. The summed E-state index contributed by atoms with van der Waals surface area (Å²) in [5, 5.41) is 15.5. The average Bonchev–Trinajstić information content (AvgIpc) is 3.65. The molecule has 1 aromatic carbocycles. The molecule has 0 atom stereocenters. The fraction of sp³-hybridized carbons (Fsp3) is 0.611. The number of hydrogen-bond donors (Lipinski definition) is 2. The molecular formula is C36H57N9O6. The number of nitrogens with zero attached hydrogens (tertiary/aromatic N) is 7. The maximum Gasteiger partial charge on any atom is 0.337 e. The summed E-state index contributed by atoms with van der Waals surface area (Å²) in [7, 11) is 2.77. The number of morpholine rings is 1. The number of ether oxygens (including phenoxy) is 4. The van der Waals surface area contributed by atoms with Crippen LogP contribution in [0.5, 0.6) is 0 Å². The van der Waals surface area contributed by atoms with Gasteiger partial charge in [-0.2, -0.15) is 9.97 Å². The van der Waals surface area contributed by atoms with Crippen LogP contribution in [0, 0.1) is 0 Å². The van der Waals surface area contributed by atoms with Crippen molar-refractivity contribution in [3.8, 4) is 0 Å². The molecule has 51 heavy (non-hydrogen) atoms. The van der Waals surface area contributed by atoms with E-state index in [1.165, 1.54) is 14.2 Å². The number of carbonyl (C=O) groups is 2. The number of methoxy groups -OCH3 is 2. The molecule has 0 unspecified atom stereocenters. The van der Waals surface area contributed by atoms with Crippen molar-refractivity contribution in [3.63, 3.8) is 0 Å². The first-order valence-electron chi connectivity index (χ1n) is 18.1. The number of anilines is 3. The molecular weight excluding hydrogens is 654 g/mol. The van der Waals surface area contributed by atoms with E-state index in [0.717, 1.165) is 74.9 Å². The fourth-order valence-electron chi connectivity index (χ4n) is 5.55. The molecule has 4 heterocycles. The molecule has 15 heteroatoms. The van der Waals surface area contributed by atoms with Gasteiger partial charge in [-0.05, 0) is 37.0 Å². The zero-order chi connectivity index (χ0) is 36.8. The van der Waals surface area contributed by atoms with Gasteiger partial charge in [0, 0.05) is 58.0 Å². The number of rotatable bonds is 16. The summed E-state index contributed by atoms with van der Waals surface area (Å²) in [6.07, 6.45) is 4.83. The summed E-state index contributed by atoms with van der Waals surface area (Å²) in [6, 6.07) is 9.93. The molecule has 2 N–H and O–H groups in total. The van der Waals surface area contributed by atoms with Gasteiger partial charge >= 0.3 is 11.9 Å². The van der Waals surface area contributed by atoms with E-state index >= 15 is 0 Å². The maximum absolute atomic E-state index is 11.9. The van der Waals surface area contributed by atoms with Crippen LogP contribution in [0.4, 0.5) is 17.6 Å². The first kappa shape index (κ1) is 41.1. The average molecular weight is 712 g/mol. The van der Waals surface area contributed by atoms with Gasteiger partial charge < -0.3 is 34.5 Å². The molecule has 0 radical (unpaired) electrons. The van der Waals surface area contributed by atoms with Crippen LogP contribution in [0.3, 0.4) is 0 Å². The highest BCUT2D eigenvalue weighted by atomic mass is 16.5. The van der Waals surface area contributed by atoms with Gasteiger partial charge in [0.25, 0.3) is 0 Å². The Morgan fingerprint density at radius 1 is 0.961 bits per heavy atom. The first-order chi connectivity index (χ1) is 25.0. The highest BCUT2D eigenvalue weighted by Gasteiger charge is 2.22. The normalized spacial score (nSPS) is 14.7. The van der Waals surface area contributed by atoms with Crippen molar-refractivity contribution in [3.05, 3.63) is 53.3 Å². The van der Waals surface area contributed by atoms with E-state index in [4.69, 9.17) is 24.2 Å². The van der Waals surface area contributed by atoms with Crippen LogP contribution < -0.4 is 15.5 Å². The van der Waals surface area contributed by atoms with Crippen molar-refractivity contribution in [1.82, 2.24) is 29.9 Å². The van der Waals surface area contributed by atoms with E-state index in [0.29, 0.717) is 51.0 Å². The Balaban J connectivity index is 0.00000169. The van der Waals surface area contributed by atoms with E-state index in [1.54, 1.807) is 10.7 Å². The molecule has 2 aliphatic rings. The van der Waals surface area contributed by atoms with E-state index < -0.39 is 0 Å². The van der Waals surface area contributed by atoms with Gasteiger partial charge in [0.1, 0.15) is 17.3 Å². The van der Waals surface area contributed by atoms with Crippen molar-refractivity contribution in [2.75, 3.05) is 82.4 Å². The maximum atomic E-state index is 11.9. The highest BCUT2D eigenvalue weighted by molar-refractivity contribution is 5.89. The van der Waals surface area contributed by atoms with Gasteiger partial charge in [0.2, 0.25) is 5.95 Å². The summed E-state index contributed by atoms with van der Waals surface area (Å²) < 4.78 is 22.3. The molecule has 5 rings (SSSR count). The highest BCUT2D eigenvalue weighted by Crippen LogP contribution is 2.23. The largest absolute Gasteiger partial charge is 0.469 e. The zero-order valence-corrected chi connectivity index (χ0v) is 31.2. The second-order valence-corrected chi connectivity index (χ2v) is 11.5. The van der Waals surface area contributed by atoms with Crippen molar-refractivity contribution in [2.45, 2.75) is 79.1 Å². The third kappa shape index (κ3) is 14.1. The van der Waals surface area contributed by atoms with Crippen LogP contribution >= 0.6 is 0 Å². The lowest BCUT2D eigenvalue weighted by Crippen LogP contribution is -2.39. The molecule has 2 aliphatic heterocycles. The fourth-order valence-corrected chi connectivity index (χ4v) is 5.55. The first-order valence-corrected chi connectivity index (χ1v) is 18.1. The Hall–Kier alpha value is -4.34. The summed E-state index contributed by atoms with van der Waals surface area (Å²) in [6.45, 7) is 15.5. The van der Waals surface area contributed by atoms with E-state index in [2.05, 4.69) is 35.5 Å². The van der Waals surface area contributed by atoms with Crippen LogP contribution in [0.25, 0.3) is 0 Å². The predicted molar refractivity (Wildman–Crippen MR) is 197 cm³/mol. The van der Waals surface area contributed by atoms with Gasteiger partial charge in [0.05, 0.1) is 58.8 Å². The lowest BCUT2D eigenvalue weighted by atomic mass is 10.0. The lowest BCUT2D eigenvalue weighted by molar-refractivity contribution is -0.141. The number of carbonyl (C=O) groups excluding carboxylic acids is 2.